The Morgan fingerprint density at radius 1 is 1.10 bits per heavy atom. The van der Waals surface area contributed by atoms with Crippen LogP contribution in [0.3, 0.4) is 0 Å². The molecule has 0 fully saturated rings. The second-order valence-corrected chi connectivity index (χ2v) is 7.87. The number of nitrogens with zero attached hydrogens (tertiary/aromatic N) is 6. The standard InChI is InChI=1S/C20H15BrN8/c21-17-18(22)29-19(26-20(17)28-9-13-7-24-27-16(13)10-28)14(8-25-29)12-5-11-3-1-2-4-15(11)23-6-12/h1-8H,9-10,22H2,(H,24,27). The number of aromatic amines is 1. The van der Waals surface area contributed by atoms with E-state index in [4.69, 9.17) is 10.7 Å². The van der Waals surface area contributed by atoms with Gasteiger partial charge in [0.15, 0.2) is 5.65 Å². The number of hydrogen-bond acceptors (Lipinski definition) is 6. The second kappa shape index (κ2) is 6.02. The predicted molar refractivity (Wildman–Crippen MR) is 114 cm³/mol. The molecule has 0 saturated carbocycles. The molecule has 0 saturated heterocycles. The van der Waals surface area contributed by atoms with E-state index >= 15 is 0 Å². The Balaban J connectivity index is 1.51. The summed E-state index contributed by atoms with van der Waals surface area (Å²) < 4.78 is 2.39. The molecule has 0 amide bonds. The van der Waals surface area contributed by atoms with Crippen LogP contribution in [0.25, 0.3) is 27.7 Å². The maximum absolute atomic E-state index is 6.40. The molecular weight excluding hydrogens is 432 g/mol. The van der Waals surface area contributed by atoms with Crippen LogP contribution in [-0.4, -0.2) is 29.8 Å². The molecule has 6 rings (SSSR count). The van der Waals surface area contributed by atoms with Gasteiger partial charge in [-0.15, -0.1) is 0 Å². The molecule has 1 aromatic carbocycles. The Hall–Kier alpha value is -3.46. The van der Waals surface area contributed by atoms with Crippen LogP contribution >= 0.6 is 15.9 Å². The quantitative estimate of drug-likeness (QED) is 0.430. The summed E-state index contributed by atoms with van der Waals surface area (Å²) in [5.74, 6) is 1.30. The number of nitrogens with two attached hydrogens (primary N) is 1. The van der Waals surface area contributed by atoms with Crippen LogP contribution in [0.4, 0.5) is 11.6 Å². The van der Waals surface area contributed by atoms with Crippen LogP contribution < -0.4 is 10.6 Å². The number of H-pyrrole nitrogens is 1. The minimum atomic E-state index is 0.513. The van der Waals surface area contributed by atoms with Gasteiger partial charge in [0.05, 0.1) is 30.1 Å². The molecule has 0 aliphatic carbocycles. The summed E-state index contributed by atoms with van der Waals surface area (Å²) in [6.45, 7) is 1.44. The first-order valence-electron chi connectivity index (χ1n) is 9.13. The van der Waals surface area contributed by atoms with Crippen LogP contribution in [0, 0.1) is 0 Å². The molecule has 29 heavy (non-hydrogen) atoms. The van der Waals surface area contributed by atoms with Gasteiger partial charge in [-0.1, -0.05) is 18.2 Å². The van der Waals surface area contributed by atoms with Gasteiger partial charge >= 0.3 is 0 Å². The molecule has 142 valence electrons. The first-order valence-corrected chi connectivity index (χ1v) is 9.92. The molecule has 0 bridgehead atoms. The zero-order chi connectivity index (χ0) is 19.5. The van der Waals surface area contributed by atoms with Gasteiger partial charge in [0.1, 0.15) is 16.1 Å². The lowest BCUT2D eigenvalue weighted by atomic mass is 10.1. The molecule has 0 spiro atoms. The van der Waals surface area contributed by atoms with Crippen molar-refractivity contribution in [1.82, 2.24) is 29.8 Å². The lowest BCUT2D eigenvalue weighted by molar-refractivity contribution is 0.816. The molecule has 0 radical (unpaired) electrons. The van der Waals surface area contributed by atoms with Gasteiger partial charge in [0, 0.05) is 34.8 Å². The van der Waals surface area contributed by atoms with Gasteiger partial charge in [-0.05, 0) is 28.1 Å². The number of fused-ring (bicyclic) bond motifs is 3. The summed E-state index contributed by atoms with van der Waals surface area (Å²) in [6, 6.07) is 10.1. The lowest BCUT2D eigenvalue weighted by Gasteiger charge is -2.19. The number of para-hydroxylation sites is 1. The molecule has 5 heterocycles. The third kappa shape index (κ3) is 2.44. The number of rotatable bonds is 2. The molecule has 1 aliphatic heterocycles. The van der Waals surface area contributed by atoms with E-state index in [9.17, 15) is 0 Å². The first kappa shape index (κ1) is 16.5. The first-order chi connectivity index (χ1) is 14.2. The highest BCUT2D eigenvalue weighted by Crippen LogP contribution is 2.37. The minimum Gasteiger partial charge on any atom is -0.383 e. The summed E-state index contributed by atoms with van der Waals surface area (Å²) in [7, 11) is 0. The maximum Gasteiger partial charge on any atom is 0.167 e. The smallest absolute Gasteiger partial charge is 0.167 e. The highest BCUT2D eigenvalue weighted by atomic mass is 79.9. The molecule has 0 atom stereocenters. The van der Waals surface area contributed by atoms with Gasteiger partial charge in [-0.3, -0.25) is 10.1 Å². The highest BCUT2D eigenvalue weighted by Gasteiger charge is 2.26. The number of nitrogen functional groups attached to an aromatic ring is 1. The van der Waals surface area contributed by atoms with Crippen molar-refractivity contribution in [1.29, 1.82) is 0 Å². The van der Waals surface area contributed by atoms with Crippen LogP contribution in [0.1, 0.15) is 11.3 Å². The maximum atomic E-state index is 6.40. The van der Waals surface area contributed by atoms with E-state index in [1.165, 1.54) is 5.56 Å². The third-order valence-electron chi connectivity index (χ3n) is 5.32. The molecule has 5 aromatic rings. The Morgan fingerprint density at radius 2 is 2.00 bits per heavy atom. The van der Waals surface area contributed by atoms with Crippen molar-refractivity contribution in [2.75, 3.05) is 10.6 Å². The molecule has 1 aliphatic rings. The van der Waals surface area contributed by atoms with Crippen molar-refractivity contribution in [3.63, 3.8) is 0 Å². The fourth-order valence-corrected chi connectivity index (χ4v) is 4.33. The number of hydrogen-bond donors (Lipinski definition) is 2. The Bertz CT molecular complexity index is 1380. The number of halogens is 1. The molecule has 3 N–H and O–H groups in total. The number of benzene rings is 1. The van der Waals surface area contributed by atoms with Crippen LogP contribution in [0.2, 0.25) is 0 Å². The molecule has 4 aromatic heterocycles. The summed E-state index contributed by atoms with van der Waals surface area (Å²) in [5, 5.41) is 12.7. The van der Waals surface area contributed by atoms with Crippen LogP contribution in [-0.2, 0) is 13.1 Å². The molecule has 8 nitrogen and oxygen atoms in total. The van der Waals surface area contributed by atoms with Crippen molar-refractivity contribution in [2.45, 2.75) is 13.1 Å². The zero-order valence-corrected chi connectivity index (χ0v) is 16.8. The topological polar surface area (TPSA) is 101 Å². The van der Waals surface area contributed by atoms with Crippen molar-refractivity contribution in [3.8, 4) is 11.1 Å². The largest absolute Gasteiger partial charge is 0.383 e. The number of nitrogens with one attached hydrogen (secondary N) is 1. The van der Waals surface area contributed by atoms with E-state index in [1.807, 2.05) is 36.7 Å². The average Bonchev–Trinajstić information content (AvgIpc) is 3.44. The minimum absolute atomic E-state index is 0.513. The van der Waals surface area contributed by atoms with Gasteiger partial charge in [-0.25, -0.2) is 4.98 Å². The number of anilines is 2. The monoisotopic (exact) mass is 446 g/mol. The summed E-state index contributed by atoms with van der Waals surface area (Å²) in [4.78, 5) is 11.7. The van der Waals surface area contributed by atoms with Crippen molar-refractivity contribution in [2.24, 2.45) is 0 Å². The van der Waals surface area contributed by atoms with Gasteiger partial charge in [0.2, 0.25) is 0 Å². The zero-order valence-electron chi connectivity index (χ0n) is 15.2. The van der Waals surface area contributed by atoms with E-state index in [2.05, 4.69) is 47.2 Å². The molecule has 0 unspecified atom stereocenters. The lowest BCUT2D eigenvalue weighted by Crippen LogP contribution is -2.19. The summed E-state index contributed by atoms with van der Waals surface area (Å²) >= 11 is 3.61. The third-order valence-corrected chi connectivity index (χ3v) is 6.08. The highest BCUT2D eigenvalue weighted by molar-refractivity contribution is 9.10. The van der Waals surface area contributed by atoms with Crippen molar-refractivity contribution >= 4 is 44.1 Å². The Labute approximate surface area is 173 Å². The summed E-state index contributed by atoms with van der Waals surface area (Å²) in [6.07, 6.45) is 5.50. The van der Waals surface area contributed by atoms with Crippen molar-refractivity contribution in [3.05, 3.63) is 64.7 Å². The number of pyridine rings is 1. The second-order valence-electron chi connectivity index (χ2n) is 7.07. The SMILES string of the molecule is Nc1c(Br)c(N2Cc3cn[nH]c3C2)nc2c(-c3cnc4ccccc4c3)cnn12. The Kier molecular flexibility index (Phi) is 3.42. The van der Waals surface area contributed by atoms with E-state index < -0.39 is 0 Å². The van der Waals surface area contributed by atoms with E-state index in [1.54, 1.807) is 10.7 Å². The Morgan fingerprint density at radius 3 is 2.90 bits per heavy atom. The van der Waals surface area contributed by atoms with E-state index in [0.717, 1.165) is 44.6 Å². The fraction of sp³-hybridized carbons (Fsp3) is 0.100. The van der Waals surface area contributed by atoms with Crippen molar-refractivity contribution < 1.29 is 0 Å². The van der Waals surface area contributed by atoms with Crippen LogP contribution in [0.5, 0.6) is 0 Å². The average molecular weight is 447 g/mol. The molecular formula is C20H15BrN8. The predicted octanol–water partition coefficient (Wildman–Crippen LogP) is 3.53. The normalized spacial score (nSPS) is 13.5. The fourth-order valence-electron chi connectivity index (χ4n) is 3.83. The van der Waals surface area contributed by atoms with Gasteiger partial charge in [-0.2, -0.15) is 14.7 Å². The number of aromatic nitrogens is 6. The van der Waals surface area contributed by atoms with E-state index in [0.29, 0.717) is 18.0 Å². The van der Waals surface area contributed by atoms with E-state index in [-0.39, 0.29) is 0 Å². The van der Waals surface area contributed by atoms with Crippen LogP contribution in [0.15, 0.2) is 53.4 Å². The van der Waals surface area contributed by atoms with Gasteiger partial charge in [0.25, 0.3) is 0 Å². The van der Waals surface area contributed by atoms with Gasteiger partial charge < -0.3 is 10.6 Å². The molecule has 9 heteroatoms. The summed E-state index contributed by atoms with van der Waals surface area (Å²) in [5.41, 5.74) is 12.2.